The van der Waals surface area contributed by atoms with E-state index in [0.717, 1.165) is 22.7 Å². The molecular formula is C18H16F3N3OS2. The Hall–Kier alpha value is -2.23. The van der Waals surface area contributed by atoms with E-state index in [1.165, 1.54) is 24.3 Å². The summed E-state index contributed by atoms with van der Waals surface area (Å²) in [6.07, 6.45) is -3.50. The number of halogens is 3. The van der Waals surface area contributed by atoms with Crippen molar-refractivity contribution < 1.29 is 17.4 Å². The van der Waals surface area contributed by atoms with E-state index in [2.05, 4.69) is 9.97 Å². The summed E-state index contributed by atoms with van der Waals surface area (Å²) in [5, 5.41) is 6.09. The van der Waals surface area contributed by atoms with Crippen molar-refractivity contribution in [1.29, 1.82) is 0 Å². The summed E-state index contributed by atoms with van der Waals surface area (Å²) < 4.78 is 51.4. The van der Waals surface area contributed by atoms with E-state index in [1.807, 2.05) is 30.3 Å². The van der Waals surface area contributed by atoms with E-state index >= 15 is 0 Å². The fourth-order valence-corrected chi connectivity index (χ4v) is 5.36. The van der Waals surface area contributed by atoms with E-state index in [-0.39, 0.29) is 14.8 Å². The molecule has 0 spiro atoms. The Kier molecular flexibility index (Phi) is 5.11. The molecule has 0 amide bonds. The van der Waals surface area contributed by atoms with Crippen LogP contribution in [-0.2, 0) is 15.9 Å². The van der Waals surface area contributed by atoms with Crippen molar-refractivity contribution in [2.45, 2.75) is 24.4 Å². The summed E-state index contributed by atoms with van der Waals surface area (Å²) in [4.78, 5) is 8.85. The summed E-state index contributed by atoms with van der Waals surface area (Å²) in [5.74, 6) is 0. The maximum Gasteiger partial charge on any atom is 0.433 e. The lowest BCUT2D eigenvalue weighted by Gasteiger charge is -2.10. The Labute approximate surface area is 159 Å². The monoisotopic (exact) mass is 411 g/mol. The summed E-state index contributed by atoms with van der Waals surface area (Å²) in [6, 6.07) is 11.6. The molecule has 0 bridgehead atoms. The normalized spacial score (nSPS) is 14.0. The fourth-order valence-electron chi connectivity index (χ4n) is 2.43. The van der Waals surface area contributed by atoms with Crippen molar-refractivity contribution in [1.82, 2.24) is 9.97 Å². The van der Waals surface area contributed by atoms with Crippen molar-refractivity contribution in [3.8, 4) is 10.4 Å². The molecule has 2 aromatic heterocycles. The number of rotatable bonds is 3. The number of thiazole rings is 1. The summed E-state index contributed by atoms with van der Waals surface area (Å²) in [6.45, 7) is 3.32. The zero-order valence-corrected chi connectivity index (χ0v) is 16.1. The lowest BCUT2D eigenvalue weighted by Crippen LogP contribution is -2.22. The Morgan fingerprint density at radius 1 is 1.15 bits per heavy atom. The van der Waals surface area contributed by atoms with Gasteiger partial charge in [-0.2, -0.15) is 13.2 Å². The van der Waals surface area contributed by atoms with Crippen molar-refractivity contribution in [2.24, 2.45) is 5.14 Å². The molecule has 3 aromatic rings. The van der Waals surface area contributed by atoms with E-state index in [9.17, 15) is 17.4 Å². The van der Waals surface area contributed by atoms with Crippen LogP contribution >= 0.6 is 11.3 Å². The summed E-state index contributed by atoms with van der Waals surface area (Å²) >= 11 is 1.22. The van der Waals surface area contributed by atoms with Crippen LogP contribution in [-0.4, -0.2) is 19.0 Å². The number of aromatic nitrogens is 2. The molecule has 4 nitrogen and oxygen atoms in total. The number of nitrogens with zero attached hydrogens (tertiary/aromatic N) is 2. The first kappa shape index (κ1) is 19.5. The Balaban J connectivity index is 2.06. The Morgan fingerprint density at radius 3 is 2.37 bits per heavy atom. The zero-order valence-electron chi connectivity index (χ0n) is 14.4. The standard InChI is InChI=1S/C18H16F3N3OS2/c1-11-16(13-6-4-3-5-7-13)26-17(24-11)27(22,25)12(2)14-8-9-15(23-10-14)18(19,20)21/h3-10H,1-2H3,(H2,22,25). The molecule has 0 fully saturated rings. The number of aryl methyl sites for hydroxylation is 1. The first-order valence-corrected chi connectivity index (χ1v) is 10.3. The molecule has 0 saturated carbocycles. The van der Waals surface area contributed by atoms with Crippen LogP contribution < -0.4 is 5.14 Å². The van der Waals surface area contributed by atoms with Gasteiger partial charge in [0.25, 0.3) is 0 Å². The molecule has 0 aliphatic carbocycles. The third-order valence-electron chi connectivity index (χ3n) is 3.99. The fraction of sp³-hybridized carbons (Fsp3) is 0.167. The molecule has 0 aliphatic rings. The molecule has 3 rings (SSSR count). The molecule has 0 saturated heterocycles. The van der Waals surface area contributed by atoms with Crippen molar-refractivity contribution in [3.05, 3.63) is 65.6 Å². The van der Waals surface area contributed by atoms with Gasteiger partial charge in [-0.25, -0.2) is 9.19 Å². The van der Waals surface area contributed by atoms with E-state index in [0.29, 0.717) is 5.69 Å². The second-order valence-corrected chi connectivity index (χ2v) is 9.30. The molecule has 2 heterocycles. The highest BCUT2D eigenvalue weighted by atomic mass is 32.2. The molecule has 142 valence electrons. The lowest BCUT2D eigenvalue weighted by atomic mass is 10.2. The molecule has 9 heteroatoms. The van der Waals surface area contributed by atoms with Crippen LogP contribution in [0.4, 0.5) is 13.2 Å². The maximum absolute atomic E-state index is 13.2. The van der Waals surface area contributed by atoms with Crippen LogP contribution in [0.2, 0.25) is 0 Å². The predicted octanol–water partition coefficient (Wildman–Crippen LogP) is 4.29. The van der Waals surface area contributed by atoms with Crippen LogP contribution in [0.3, 0.4) is 0 Å². The van der Waals surface area contributed by atoms with Gasteiger partial charge >= 0.3 is 6.18 Å². The number of nitrogens with two attached hydrogens (primary N) is 1. The molecule has 27 heavy (non-hydrogen) atoms. The molecule has 2 N–H and O–H groups in total. The maximum atomic E-state index is 13.2. The van der Waals surface area contributed by atoms with Crippen LogP contribution in [0.25, 0.3) is 10.4 Å². The minimum atomic E-state index is -4.53. The second kappa shape index (κ2) is 7.06. The van der Waals surface area contributed by atoms with Gasteiger partial charge in [0.15, 0.2) is 4.34 Å². The summed E-state index contributed by atoms with van der Waals surface area (Å²) in [5.41, 5.74) is 0.893. The zero-order chi connectivity index (χ0) is 19.8. The van der Waals surface area contributed by atoms with Crippen LogP contribution in [0, 0.1) is 6.92 Å². The van der Waals surface area contributed by atoms with Crippen LogP contribution in [0.15, 0.2) is 53.0 Å². The Morgan fingerprint density at radius 2 is 1.81 bits per heavy atom. The quantitative estimate of drug-likeness (QED) is 0.516. The molecule has 0 radical (unpaired) electrons. The summed E-state index contributed by atoms with van der Waals surface area (Å²) in [7, 11) is -3.20. The number of hydrogen-bond acceptors (Lipinski definition) is 4. The van der Waals surface area contributed by atoms with Gasteiger partial charge < -0.3 is 0 Å². The SMILES string of the molecule is CC(c1ccc(C(F)(F)F)nc1)=S(N)(=O)c1nc(C)c(-c2ccccc2)s1. The average Bonchev–Trinajstić information content (AvgIpc) is 3.04. The number of alkyl halides is 3. The highest BCUT2D eigenvalue weighted by molar-refractivity contribution is 8.02. The Bertz CT molecular complexity index is 1080. The molecule has 1 unspecified atom stereocenters. The molecular weight excluding hydrogens is 395 g/mol. The van der Waals surface area contributed by atoms with Gasteiger partial charge in [0.2, 0.25) is 0 Å². The lowest BCUT2D eigenvalue weighted by molar-refractivity contribution is -0.141. The van der Waals surface area contributed by atoms with Gasteiger partial charge in [-0.05, 0) is 25.5 Å². The van der Waals surface area contributed by atoms with E-state index in [1.54, 1.807) is 6.92 Å². The first-order valence-electron chi connectivity index (χ1n) is 7.82. The van der Waals surface area contributed by atoms with Gasteiger partial charge in [0.1, 0.15) is 5.69 Å². The van der Waals surface area contributed by atoms with E-state index < -0.39 is 21.6 Å². The third kappa shape index (κ3) is 3.90. The van der Waals surface area contributed by atoms with Crippen molar-refractivity contribution in [3.63, 3.8) is 0 Å². The smallest absolute Gasteiger partial charge is 0.253 e. The van der Waals surface area contributed by atoms with E-state index in [4.69, 9.17) is 5.14 Å². The molecule has 1 atom stereocenters. The third-order valence-corrected chi connectivity index (χ3v) is 7.74. The highest BCUT2D eigenvalue weighted by Gasteiger charge is 2.32. The first-order chi connectivity index (χ1) is 12.6. The number of pyridine rings is 1. The van der Waals surface area contributed by atoms with Crippen molar-refractivity contribution >= 4 is 25.9 Å². The second-order valence-electron chi connectivity index (χ2n) is 5.85. The topological polar surface area (TPSA) is 68.9 Å². The van der Waals surface area contributed by atoms with Gasteiger partial charge in [0.05, 0.1) is 20.3 Å². The van der Waals surface area contributed by atoms with Gasteiger partial charge in [-0.3, -0.25) is 10.1 Å². The van der Waals surface area contributed by atoms with Gasteiger partial charge in [-0.1, -0.05) is 36.4 Å². The van der Waals surface area contributed by atoms with Crippen molar-refractivity contribution in [2.75, 3.05) is 0 Å². The minimum Gasteiger partial charge on any atom is -0.253 e. The average molecular weight is 411 g/mol. The molecule has 1 aromatic carbocycles. The number of benzene rings is 1. The largest absolute Gasteiger partial charge is 0.433 e. The number of hydrogen-bond donors (Lipinski definition) is 1. The van der Waals surface area contributed by atoms with Crippen LogP contribution in [0.5, 0.6) is 0 Å². The minimum absolute atomic E-state index is 0.233. The van der Waals surface area contributed by atoms with Crippen LogP contribution in [0.1, 0.15) is 23.9 Å². The molecule has 0 aliphatic heterocycles. The van der Waals surface area contributed by atoms with Gasteiger partial charge in [-0.15, -0.1) is 11.3 Å². The van der Waals surface area contributed by atoms with Gasteiger partial charge in [0, 0.05) is 16.6 Å². The predicted molar refractivity (Wildman–Crippen MR) is 102 cm³/mol. The highest BCUT2D eigenvalue weighted by Crippen LogP contribution is 2.32.